The molecule has 11 heteroatoms. The first kappa shape index (κ1) is 31.9. The van der Waals surface area contributed by atoms with Gasteiger partial charge in [0.25, 0.3) is 5.91 Å². The molecule has 1 spiro atoms. The lowest BCUT2D eigenvalue weighted by atomic mass is 9.68. The van der Waals surface area contributed by atoms with E-state index in [0.717, 1.165) is 55.7 Å². The molecule has 2 bridgehead atoms. The van der Waals surface area contributed by atoms with E-state index in [2.05, 4.69) is 21.8 Å². The van der Waals surface area contributed by atoms with E-state index in [1.54, 1.807) is 18.2 Å². The Morgan fingerprint density at radius 1 is 1.13 bits per heavy atom. The number of amides is 1. The molecule has 2 aromatic carbocycles. The maximum Gasteiger partial charge on any atom is 0.304 e. The Labute approximate surface area is 277 Å². The molecule has 7 rings (SSSR count). The molecule has 2 N–H and O–H groups in total. The summed E-state index contributed by atoms with van der Waals surface area (Å²) in [6.45, 7) is 4.45. The van der Waals surface area contributed by atoms with Gasteiger partial charge in [0.15, 0.2) is 0 Å². The van der Waals surface area contributed by atoms with Crippen LogP contribution in [0.5, 0.6) is 5.75 Å². The molecule has 3 heterocycles. The van der Waals surface area contributed by atoms with Crippen LogP contribution in [0.3, 0.4) is 0 Å². The smallest absolute Gasteiger partial charge is 0.304 e. The van der Waals surface area contributed by atoms with Gasteiger partial charge in [-0.25, -0.2) is 4.72 Å². The van der Waals surface area contributed by atoms with Crippen LogP contribution in [0.1, 0.15) is 73.4 Å². The quantitative estimate of drug-likeness (QED) is 0.433. The molecule has 2 aliphatic carbocycles. The van der Waals surface area contributed by atoms with Gasteiger partial charge in [0.05, 0.1) is 24.5 Å². The van der Waals surface area contributed by atoms with Crippen LogP contribution < -0.4 is 14.4 Å². The molecule has 3 aliphatic heterocycles. The van der Waals surface area contributed by atoms with Crippen molar-refractivity contribution in [1.82, 2.24) is 9.03 Å². The van der Waals surface area contributed by atoms with Crippen LogP contribution in [0.2, 0.25) is 5.02 Å². The number of hydrogen-bond donors (Lipinski definition) is 2. The van der Waals surface area contributed by atoms with Crippen molar-refractivity contribution in [3.63, 3.8) is 0 Å². The molecule has 248 valence electrons. The fraction of sp³-hybridized carbons (Fsp3) is 0.571. The number of aliphatic hydroxyl groups excluding tert-OH is 1. The van der Waals surface area contributed by atoms with Crippen molar-refractivity contribution in [2.45, 2.75) is 82.0 Å². The van der Waals surface area contributed by atoms with Gasteiger partial charge in [0.1, 0.15) is 5.75 Å². The maximum atomic E-state index is 13.8. The normalized spacial score (nSPS) is 33.6. The van der Waals surface area contributed by atoms with Gasteiger partial charge in [-0.15, -0.1) is 0 Å². The van der Waals surface area contributed by atoms with Crippen molar-refractivity contribution in [3.8, 4) is 5.75 Å². The van der Waals surface area contributed by atoms with Gasteiger partial charge in [-0.2, -0.15) is 12.7 Å². The number of ether oxygens (including phenoxy) is 2. The highest BCUT2D eigenvalue weighted by Crippen LogP contribution is 2.46. The molecule has 1 saturated carbocycles. The lowest BCUT2D eigenvalue weighted by Gasteiger charge is -2.45. The van der Waals surface area contributed by atoms with Crippen molar-refractivity contribution >= 4 is 33.4 Å². The van der Waals surface area contributed by atoms with E-state index in [1.165, 1.54) is 15.4 Å². The highest BCUT2D eigenvalue weighted by Gasteiger charge is 2.44. The number of anilines is 1. The van der Waals surface area contributed by atoms with Crippen LogP contribution >= 0.6 is 11.6 Å². The Morgan fingerprint density at radius 3 is 2.78 bits per heavy atom. The van der Waals surface area contributed by atoms with Crippen LogP contribution in [0.4, 0.5) is 5.69 Å². The number of fused-ring (bicyclic) bond motifs is 4. The van der Waals surface area contributed by atoms with Gasteiger partial charge >= 0.3 is 10.2 Å². The molecule has 46 heavy (non-hydrogen) atoms. The third kappa shape index (κ3) is 6.19. The third-order valence-corrected chi connectivity index (χ3v) is 12.7. The minimum absolute atomic E-state index is 0.0960. The van der Waals surface area contributed by atoms with Gasteiger partial charge in [0.2, 0.25) is 0 Å². The van der Waals surface area contributed by atoms with Crippen molar-refractivity contribution in [2.75, 3.05) is 37.7 Å². The summed E-state index contributed by atoms with van der Waals surface area (Å²) >= 11 is 6.41. The molecule has 0 radical (unpaired) electrons. The van der Waals surface area contributed by atoms with Crippen LogP contribution in [0, 0.1) is 11.8 Å². The van der Waals surface area contributed by atoms with E-state index in [0.29, 0.717) is 38.5 Å². The fourth-order valence-corrected chi connectivity index (χ4v) is 9.81. The Hall–Kier alpha value is -2.63. The SMILES string of the molecule is CC1C/C=C/[C@H](O)[C@@H]2CC[C@H]2CN2C[C@@]3(CCCc4cc(Cl)ccc43)COc3ccc(cc32)C(=O)NS(=O)(=O)N1C[C@H]1CCCO1. The predicted octanol–water partition coefficient (Wildman–Crippen LogP) is 5.00. The standard InChI is InChI=1S/C35H44ClN3O6S/c1-23-5-2-8-32(40)29-12-9-26(29)19-38-21-35(15-3-6-24-17-27(36)11-13-30(24)35)22-45-33-14-10-25(18-31(33)38)34(41)37-46(42,43)39(23)20-28-7-4-16-44-28/h2,8,10-11,13-14,17-18,23,26,28-29,32,40H,3-7,9,12,15-16,19-22H2,1H3,(H,37,41)/b8-2+/t23?,26-,28+,29+,32-,35-/m0/s1. The molecule has 5 aliphatic rings. The first-order chi connectivity index (χ1) is 22.1. The molecule has 6 atom stereocenters. The summed E-state index contributed by atoms with van der Waals surface area (Å²) in [7, 11) is -4.21. The zero-order chi connectivity index (χ0) is 32.1. The van der Waals surface area contributed by atoms with E-state index >= 15 is 0 Å². The van der Waals surface area contributed by atoms with Crippen LogP contribution in [0.15, 0.2) is 48.6 Å². The van der Waals surface area contributed by atoms with E-state index in [1.807, 2.05) is 25.1 Å². The number of benzene rings is 2. The highest BCUT2D eigenvalue weighted by molar-refractivity contribution is 7.87. The third-order valence-electron chi connectivity index (χ3n) is 10.9. The van der Waals surface area contributed by atoms with Gasteiger partial charge in [-0.3, -0.25) is 4.79 Å². The van der Waals surface area contributed by atoms with E-state index in [9.17, 15) is 18.3 Å². The second-order valence-corrected chi connectivity index (χ2v) is 16.0. The second-order valence-electron chi connectivity index (χ2n) is 13.9. The second kappa shape index (κ2) is 12.8. The van der Waals surface area contributed by atoms with Crippen molar-refractivity contribution in [3.05, 3.63) is 70.3 Å². The number of halogens is 1. The average molecular weight is 670 g/mol. The van der Waals surface area contributed by atoms with E-state index in [4.69, 9.17) is 21.1 Å². The lowest BCUT2D eigenvalue weighted by molar-refractivity contribution is 0.0455. The number of aliphatic hydroxyl groups is 1. The Morgan fingerprint density at radius 2 is 2.00 bits per heavy atom. The van der Waals surface area contributed by atoms with Gasteiger partial charge in [0, 0.05) is 48.3 Å². The number of carbonyl (C=O) groups is 1. The fourth-order valence-electron chi connectivity index (χ4n) is 8.22. The summed E-state index contributed by atoms with van der Waals surface area (Å²) < 4.78 is 43.6. The Bertz CT molecular complexity index is 1610. The molecule has 2 fully saturated rings. The lowest BCUT2D eigenvalue weighted by Crippen LogP contribution is -2.50. The largest absolute Gasteiger partial charge is 0.490 e. The van der Waals surface area contributed by atoms with Gasteiger partial charge in [-0.05, 0) is 112 Å². The molecule has 2 aromatic rings. The average Bonchev–Trinajstić information content (AvgIpc) is 3.47. The molecule has 1 unspecified atom stereocenters. The van der Waals surface area contributed by atoms with E-state index in [-0.39, 0.29) is 35.5 Å². The number of nitrogens with zero attached hydrogens (tertiary/aromatic N) is 2. The molecule has 1 amide bonds. The maximum absolute atomic E-state index is 13.8. The number of carbonyl (C=O) groups excluding carboxylic acids is 1. The van der Waals surface area contributed by atoms with Crippen molar-refractivity contribution < 1.29 is 27.8 Å². The van der Waals surface area contributed by atoms with Crippen LogP contribution in [-0.2, 0) is 26.8 Å². The molecule has 0 aromatic heterocycles. The minimum atomic E-state index is -4.21. The van der Waals surface area contributed by atoms with Crippen LogP contribution in [0.25, 0.3) is 0 Å². The van der Waals surface area contributed by atoms with Crippen LogP contribution in [-0.4, -0.2) is 74.8 Å². The minimum Gasteiger partial charge on any atom is -0.490 e. The first-order valence-electron chi connectivity index (χ1n) is 16.7. The summed E-state index contributed by atoms with van der Waals surface area (Å²) in [4.78, 5) is 16.0. The molecule has 1 saturated heterocycles. The zero-order valence-electron chi connectivity index (χ0n) is 26.4. The Kier molecular flexibility index (Phi) is 8.86. The first-order valence-corrected chi connectivity index (χ1v) is 18.5. The molecule has 9 nitrogen and oxygen atoms in total. The predicted molar refractivity (Wildman–Crippen MR) is 178 cm³/mol. The topological polar surface area (TPSA) is 108 Å². The summed E-state index contributed by atoms with van der Waals surface area (Å²) in [5.41, 5.74) is 3.25. The molecular formula is C35H44ClN3O6S. The summed E-state index contributed by atoms with van der Waals surface area (Å²) in [5.74, 6) is 0.348. The summed E-state index contributed by atoms with van der Waals surface area (Å²) in [6.07, 6.45) is 9.79. The molecular weight excluding hydrogens is 626 g/mol. The number of rotatable bonds is 2. The number of nitrogens with one attached hydrogen (secondary N) is 1. The number of aryl methyl sites for hydroxylation is 1. The van der Waals surface area contributed by atoms with E-state index < -0.39 is 28.3 Å². The monoisotopic (exact) mass is 669 g/mol. The summed E-state index contributed by atoms with van der Waals surface area (Å²) in [5, 5.41) is 12.0. The highest BCUT2D eigenvalue weighted by atomic mass is 35.5. The van der Waals surface area contributed by atoms with Crippen molar-refractivity contribution in [2.24, 2.45) is 11.8 Å². The number of hydrogen-bond acceptors (Lipinski definition) is 7. The van der Waals surface area contributed by atoms with Gasteiger partial charge < -0.3 is 19.5 Å². The Balaban J connectivity index is 1.27. The van der Waals surface area contributed by atoms with Gasteiger partial charge in [-0.1, -0.05) is 29.8 Å². The zero-order valence-corrected chi connectivity index (χ0v) is 27.9. The summed E-state index contributed by atoms with van der Waals surface area (Å²) in [6, 6.07) is 10.9. The van der Waals surface area contributed by atoms with Crippen molar-refractivity contribution in [1.29, 1.82) is 0 Å².